The third-order valence-electron chi connectivity index (χ3n) is 5.88. The lowest BCUT2D eigenvalue weighted by molar-refractivity contribution is 1.45. The van der Waals surface area contributed by atoms with Crippen molar-refractivity contribution in [2.24, 2.45) is 11.5 Å². The third kappa shape index (κ3) is 3.35. The number of nitriles is 2. The van der Waals surface area contributed by atoms with Gasteiger partial charge in [0.15, 0.2) is 0 Å². The van der Waals surface area contributed by atoms with Gasteiger partial charge >= 0.3 is 0 Å². The first-order valence-corrected chi connectivity index (χ1v) is 10.2. The van der Waals surface area contributed by atoms with Crippen molar-refractivity contribution < 1.29 is 0 Å². The first kappa shape index (κ1) is 20.7. The average molecular weight is 415 g/mol. The molecule has 0 unspecified atom stereocenters. The van der Waals surface area contributed by atoms with Crippen molar-refractivity contribution in [3.63, 3.8) is 0 Å². The molecular formula is C28H22N4. The predicted octanol–water partition coefficient (Wildman–Crippen LogP) is 6.12. The summed E-state index contributed by atoms with van der Waals surface area (Å²) in [6.45, 7) is 3.99. The quantitative estimate of drug-likeness (QED) is 0.238. The number of nitrogens with zero attached hydrogens (tertiary/aromatic N) is 2. The summed E-state index contributed by atoms with van der Waals surface area (Å²) in [7, 11) is 0. The molecule has 0 aliphatic rings. The molecule has 0 aliphatic carbocycles. The maximum Gasteiger partial charge on any atom is 0.101 e. The van der Waals surface area contributed by atoms with E-state index in [-0.39, 0.29) is 0 Å². The van der Waals surface area contributed by atoms with Gasteiger partial charge in [0.05, 0.1) is 11.1 Å². The SMILES string of the molecule is C/C(=C\C(C#N)=C/N)c1ccc2ccc3c(/C(C)=C/C(C#N)=C\N)ccc4ccc1c2c43. The highest BCUT2D eigenvalue weighted by atomic mass is 14.5. The van der Waals surface area contributed by atoms with Crippen LogP contribution in [0.15, 0.2) is 84.2 Å². The number of nitrogens with two attached hydrogens (primary N) is 2. The minimum Gasteiger partial charge on any atom is -0.404 e. The molecule has 0 spiro atoms. The molecule has 0 saturated heterocycles. The highest BCUT2D eigenvalue weighted by Gasteiger charge is 2.14. The van der Waals surface area contributed by atoms with E-state index in [2.05, 4.69) is 60.7 Å². The second kappa shape index (κ2) is 8.30. The Kier molecular flexibility index (Phi) is 5.37. The molecule has 0 heterocycles. The van der Waals surface area contributed by atoms with Crippen LogP contribution < -0.4 is 11.5 Å². The maximum atomic E-state index is 9.26. The van der Waals surface area contributed by atoms with E-state index in [1.165, 1.54) is 23.2 Å². The summed E-state index contributed by atoms with van der Waals surface area (Å²) < 4.78 is 0. The molecule has 4 heteroatoms. The fraction of sp³-hybridized carbons (Fsp3) is 0.0714. The number of hydrogen-bond donors (Lipinski definition) is 2. The molecule has 154 valence electrons. The van der Waals surface area contributed by atoms with Gasteiger partial charge in [-0.05, 0) is 80.6 Å². The molecule has 4 aromatic rings. The normalized spacial score (nSPS) is 13.6. The molecule has 0 fully saturated rings. The molecule has 0 atom stereocenters. The Balaban J connectivity index is 2.05. The molecule has 0 amide bonds. The van der Waals surface area contributed by atoms with Crippen molar-refractivity contribution in [1.82, 2.24) is 0 Å². The predicted molar refractivity (Wildman–Crippen MR) is 133 cm³/mol. The summed E-state index contributed by atoms with van der Waals surface area (Å²) >= 11 is 0. The number of allylic oxidation sites excluding steroid dienone is 6. The summed E-state index contributed by atoms with van der Waals surface area (Å²) in [4.78, 5) is 0. The van der Waals surface area contributed by atoms with Crippen molar-refractivity contribution >= 4 is 43.5 Å². The lowest BCUT2D eigenvalue weighted by atomic mass is 9.87. The van der Waals surface area contributed by atoms with Gasteiger partial charge in [0.25, 0.3) is 0 Å². The molecule has 0 saturated carbocycles. The maximum absolute atomic E-state index is 9.26. The number of benzene rings is 4. The summed E-state index contributed by atoms with van der Waals surface area (Å²) in [6.07, 6.45) is 6.28. The fourth-order valence-electron chi connectivity index (χ4n) is 4.35. The Labute approximate surface area is 187 Å². The minimum absolute atomic E-state index is 0.428. The van der Waals surface area contributed by atoms with Gasteiger partial charge in [0.1, 0.15) is 12.1 Å². The van der Waals surface area contributed by atoms with Crippen LogP contribution in [0.5, 0.6) is 0 Å². The summed E-state index contributed by atoms with van der Waals surface area (Å²) in [5.74, 6) is 0. The van der Waals surface area contributed by atoms with Crippen molar-refractivity contribution in [3.05, 3.63) is 95.4 Å². The standard InChI is InChI=1S/C28H22N4/c1-17(11-19(13-29)14-30)23-7-3-21-6-10-26-24(18(2)12-20(15-31)16-32)8-4-22-5-9-25(23)27(21)28(22)26/h3-13,15H,29,31H2,1-2H3/b17-11+,18-12+,19-13+,20-15+. The van der Waals surface area contributed by atoms with Crippen molar-refractivity contribution in [1.29, 1.82) is 10.5 Å². The van der Waals surface area contributed by atoms with Gasteiger partial charge in [-0.1, -0.05) is 48.5 Å². The van der Waals surface area contributed by atoms with E-state index in [1.54, 1.807) is 0 Å². The Morgan fingerprint density at radius 3 is 1.38 bits per heavy atom. The van der Waals surface area contributed by atoms with E-state index in [1.807, 2.05) is 26.0 Å². The lowest BCUT2D eigenvalue weighted by Crippen LogP contribution is -1.92. The van der Waals surface area contributed by atoms with E-state index in [0.717, 1.165) is 43.8 Å². The van der Waals surface area contributed by atoms with E-state index in [9.17, 15) is 10.5 Å². The second-order valence-corrected chi connectivity index (χ2v) is 7.77. The zero-order valence-electron chi connectivity index (χ0n) is 18.0. The molecular weight excluding hydrogens is 392 g/mol. The molecule has 0 bridgehead atoms. The Bertz CT molecular complexity index is 1450. The summed E-state index contributed by atoms with van der Waals surface area (Å²) in [6, 6.07) is 21.2. The van der Waals surface area contributed by atoms with E-state index in [0.29, 0.717) is 11.1 Å². The molecule has 4 aromatic carbocycles. The van der Waals surface area contributed by atoms with Crippen LogP contribution in [-0.4, -0.2) is 0 Å². The van der Waals surface area contributed by atoms with E-state index < -0.39 is 0 Å². The largest absolute Gasteiger partial charge is 0.404 e. The van der Waals surface area contributed by atoms with Crippen LogP contribution in [-0.2, 0) is 0 Å². The summed E-state index contributed by atoms with van der Waals surface area (Å²) in [5.41, 5.74) is 16.1. The van der Waals surface area contributed by atoms with Gasteiger partial charge in [-0.3, -0.25) is 0 Å². The average Bonchev–Trinajstić information content (AvgIpc) is 2.83. The highest BCUT2D eigenvalue weighted by Crippen LogP contribution is 2.40. The van der Waals surface area contributed by atoms with Gasteiger partial charge in [0.2, 0.25) is 0 Å². The number of rotatable bonds is 4. The summed E-state index contributed by atoms with van der Waals surface area (Å²) in [5, 5.41) is 25.5. The van der Waals surface area contributed by atoms with Gasteiger partial charge in [-0.25, -0.2) is 0 Å². The monoisotopic (exact) mass is 414 g/mol. The molecule has 4 rings (SSSR count). The number of hydrogen-bond acceptors (Lipinski definition) is 4. The van der Waals surface area contributed by atoms with Gasteiger partial charge in [-0.2, -0.15) is 10.5 Å². The van der Waals surface area contributed by atoms with Crippen molar-refractivity contribution in [2.45, 2.75) is 13.8 Å². The Morgan fingerprint density at radius 1 is 0.656 bits per heavy atom. The van der Waals surface area contributed by atoms with Crippen LogP contribution in [0.3, 0.4) is 0 Å². The van der Waals surface area contributed by atoms with Crippen LogP contribution in [0.2, 0.25) is 0 Å². The van der Waals surface area contributed by atoms with Crippen LogP contribution in [0, 0.1) is 22.7 Å². The molecule has 4 N–H and O–H groups in total. The highest BCUT2D eigenvalue weighted by molar-refractivity contribution is 6.26. The first-order valence-electron chi connectivity index (χ1n) is 10.2. The second-order valence-electron chi connectivity index (χ2n) is 7.77. The van der Waals surface area contributed by atoms with Crippen LogP contribution in [0.4, 0.5) is 0 Å². The van der Waals surface area contributed by atoms with E-state index >= 15 is 0 Å². The van der Waals surface area contributed by atoms with E-state index in [4.69, 9.17) is 11.5 Å². The zero-order chi connectivity index (χ0) is 22.8. The fourth-order valence-corrected chi connectivity index (χ4v) is 4.35. The van der Waals surface area contributed by atoms with Crippen molar-refractivity contribution in [2.75, 3.05) is 0 Å². The molecule has 0 radical (unpaired) electrons. The van der Waals surface area contributed by atoms with Gasteiger partial charge in [-0.15, -0.1) is 0 Å². The third-order valence-corrected chi connectivity index (χ3v) is 5.88. The molecule has 0 aromatic heterocycles. The molecule has 0 aliphatic heterocycles. The Morgan fingerprint density at radius 2 is 1.03 bits per heavy atom. The van der Waals surface area contributed by atoms with Crippen LogP contribution >= 0.6 is 0 Å². The van der Waals surface area contributed by atoms with Gasteiger partial charge in [0, 0.05) is 12.4 Å². The Hall–Kier alpha value is -4.54. The molecule has 4 nitrogen and oxygen atoms in total. The van der Waals surface area contributed by atoms with Crippen molar-refractivity contribution in [3.8, 4) is 12.1 Å². The lowest BCUT2D eigenvalue weighted by Gasteiger charge is -2.17. The van der Waals surface area contributed by atoms with Crippen LogP contribution in [0.1, 0.15) is 25.0 Å². The smallest absolute Gasteiger partial charge is 0.101 e. The topological polar surface area (TPSA) is 99.6 Å². The first-order chi connectivity index (χ1) is 15.5. The van der Waals surface area contributed by atoms with Gasteiger partial charge < -0.3 is 11.5 Å². The van der Waals surface area contributed by atoms with Crippen LogP contribution in [0.25, 0.3) is 43.5 Å². The minimum atomic E-state index is 0.428. The zero-order valence-corrected chi connectivity index (χ0v) is 18.0. The molecule has 32 heavy (non-hydrogen) atoms.